The molecule has 0 aliphatic heterocycles. The van der Waals surface area contributed by atoms with Gasteiger partial charge in [-0.3, -0.25) is 0 Å². The molecule has 0 aromatic heterocycles. The molecular formula is C21H37F2NO2. The largest absolute Gasteiger partial charge is 0.393 e. The van der Waals surface area contributed by atoms with Gasteiger partial charge in [0.05, 0.1) is 6.10 Å². The monoisotopic (exact) mass is 373 g/mol. The SMILES string of the molecule is CC12CCCC1[C@@]1(O)CCC3CCC(O)CC3(F)CC1(F)CC2.CNC. The van der Waals surface area contributed by atoms with Crippen molar-refractivity contribution < 1.29 is 19.0 Å². The second kappa shape index (κ2) is 6.97. The van der Waals surface area contributed by atoms with E-state index in [9.17, 15) is 10.2 Å². The highest BCUT2D eigenvalue weighted by molar-refractivity contribution is 5.18. The highest BCUT2D eigenvalue weighted by Gasteiger charge is 2.68. The van der Waals surface area contributed by atoms with E-state index in [1.807, 2.05) is 14.1 Å². The molecule has 4 rings (SSSR count). The van der Waals surface area contributed by atoms with E-state index in [0.717, 1.165) is 25.7 Å². The molecule has 3 N–H and O–H groups in total. The first-order chi connectivity index (χ1) is 12.1. The lowest BCUT2D eigenvalue weighted by atomic mass is 9.54. The first kappa shape index (κ1) is 20.5. The van der Waals surface area contributed by atoms with Crippen molar-refractivity contribution in [1.82, 2.24) is 5.32 Å². The topological polar surface area (TPSA) is 52.5 Å². The normalized spacial score (nSPS) is 53.4. The Balaban J connectivity index is 0.000000613. The minimum absolute atomic E-state index is 0.0167. The van der Waals surface area contributed by atoms with Crippen LogP contribution in [0.1, 0.15) is 77.6 Å². The number of fused-ring (bicyclic) bond motifs is 4. The Labute approximate surface area is 156 Å². The van der Waals surface area contributed by atoms with Crippen LogP contribution in [-0.4, -0.2) is 47.4 Å². The van der Waals surface area contributed by atoms with Crippen LogP contribution in [0.4, 0.5) is 8.78 Å². The zero-order valence-electron chi connectivity index (χ0n) is 16.7. The molecule has 4 aliphatic rings. The van der Waals surface area contributed by atoms with E-state index in [4.69, 9.17) is 0 Å². The molecule has 4 aliphatic carbocycles. The molecule has 5 heteroatoms. The average molecular weight is 374 g/mol. The summed E-state index contributed by atoms with van der Waals surface area (Å²) < 4.78 is 31.7. The summed E-state index contributed by atoms with van der Waals surface area (Å²) in [5.41, 5.74) is -4.84. The van der Waals surface area contributed by atoms with Crippen LogP contribution in [-0.2, 0) is 0 Å². The van der Waals surface area contributed by atoms with Gasteiger partial charge in [-0.2, -0.15) is 0 Å². The van der Waals surface area contributed by atoms with Crippen LogP contribution < -0.4 is 5.32 Å². The molecule has 0 radical (unpaired) electrons. The average Bonchev–Trinajstić information content (AvgIpc) is 2.91. The van der Waals surface area contributed by atoms with Crippen molar-refractivity contribution >= 4 is 0 Å². The van der Waals surface area contributed by atoms with Gasteiger partial charge in [-0.15, -0.1) is 0 Å². The first-order valence-electron chi connectivity index (χ1n) is 10.5. The standard InChI is InChI=1S/C19H30F2O2.C2H7N/c1-16-7-2-3-15(16)19(23)8-6-13-4-5-14(22)11-17(13,20)12-18(19,21)10-9-16;1-3-2/h13-15,22-23H,2-12H2,1H3;3H,1-2H3/t13?,14?,15?,16?,17?,18?,19-;/m0./s1. The second-order valence-electron chi connectivity index (χ2n) is 9.87. The third-order valence-corrected chi connectivity index (χ3v) is 8.13. The fourth-order valence-corrected chi connectivity index (χ4v) is 6.79. The molecule has 7 atom stereocenters. The van der Waals surface area contributed by atoms with Gasteiger partial charge in [-0.25, -0.2) is 8.78 Å². The lowest BCUT2D eigenvalue weighted by molar-refractivity contribution is -0.207. The lowest BCUT2D eigenvalue weighted by Crippen LogP contribution is -2.63. The molecule has 0 aromatic rings. The summed E-state index contributed by atoms with van der Waals surface area (Å²) in [6, 6.07) is 0. The summed E-state index contributed by atoms with van der Waals surface area (Å²) in [5, 5.41) is 24.2. The molecule has 3 nitrogen and oxygen atoms in total. The Hall–Kier alpha value is -0.260. The maximum absolute atomic E-state index is 16.0. The summed E-state index contributed by atoms with van der Waals surface area (Å²) in [4.78, 5) is 0. The molecule has 6 unspecified atom stereocenters. The minimum Gasteiger partial charge on any atom is -0.393 e. The van der Waals surface area contributed by atoms with Crippen LogP contribution in [0.2, 0.25) is 0 Å². The quantitative estimate of drug-likeness (QED) is 0.603. The Bertz CT molecular complexity index is 520. The van der Waals surface area contributed by atoms with Crippen molar-refractivity contribution in [2.75, 3.05) is 14.1 Å². The maximum atomic E-state index is 16.0. The number of aliphatic hydroxyl groups is 2. The molecule has 0 amide bonds. The highest BCUT2D eigenvalue weighted by Crippen LogP contribution is 2.65. The number of halogens is 2. The molecule has 152 valence electrons. The van der Waals surface area contributed by atoms with E-state index in [2.05, 4.69) is 12.2 Å². The van der Waals surface area contributed by atoms with Gasteiger partial charge >= 0.3 is 0 Å². The van der Waals surface area contributed by atoms with E-state index >= 15 is 8.78 Å². The van der Waals surface area contributed by atoms with Crippen LogP contribution >= 0.6 is 0 Å². The van der Waals surface area contributed by atoms with Crippen molar-refractivity contribution in [2.45, 2.75) is 101 Å². The fourth-order valence-electron chi connectivity index (χ4n) is 6.79. The Kier molecular flexibility index (Phi) is 5.49. The van der Waals surface area contributed by atoms with Gasteiger partial charge in [-0.05, 0) is 82.7 Å². The van der Waals surface area contributed by atoms with E-state index in [-0.39, 0.29) is 36.5 Å². The molecule has 0 bridgehead atoms. The third kappa shape index (κ3) is 3.12. The first-order valence-corrected chi connectivity index (χ1v) is 10.5. The van der Waals surface area contributed by atoms with E-state index in [1.165, 1.54) is 0 Å². The maximum Gasteiger partial charge on any atom is 0.142 e. The highest BCUT2D eigenvalue weighted by atomic mass is 19.2. The number of aliphatic hydroxyl groups excluding tert-OH is 1. The second-order valence-corrected chi connectivity index (χ2v) is 9.87. The smallest absolute Gasteiger partial charge is 0.142 e. The summed E-state index contributed by atoms with van der Waals surface area (Å²) in [5.74, 6) is -0.247. The Morgan fingerprint density at radius 2 is 1.65 bits per heavy atom. The Morgan fingerprint density at radius 3 is 2.35 bits per heavy atom. The molecule has 0 heterocycles. The molecular weight excluding hydrogens is 336 g/mol. The lowest BCUT2D eigenvalue weighted by Gasteiger charge is -2.55. The molecule has 26 heavy (non-hydrogen) atoms. The van der Waals surface area contributed by atoms with Crippen molar-refractivity contribution in [3.63, 3.8) is 0 Å². The van der Waals surface area contributed by atoms with Gasteiger partial charge in [0.1, 0.15) is 16.9 Å². The zero-order valence-corrected chi connectivity index (χ0v) is 16.7. The number of nitrogens with one attached hydrogen (secondary N) is 1. The van der Waals surface area contributed by atoms with Crippen LogP contribution in [0.5, 0.6) is 0 Å². The van der Waals surface area contributed by atoms with E-state index in [0.29, 0.717) is 25.7 Å². The Morgan fingerprint density at radius 1 is 0.962 bits per heavy atom. The molecule has 0 spiro atoms. The van der Waals surface area contributed by atoms with Gasteiger partial charge in [-0.1, -0.05) is 13.3 Å². The van der Waals surface area contributed by atoms with Crippen LogP contribution in [0.3, 0.4) is 0 Å². The van der Waals surface area contributed by atoms with Crippen LogP contribution in [0.15, 0.2) is 0 Å². The summed E-state index contributed by atoms with van der Waals surface area (Å²) in [7, 11) is 3.75. The summed E-state index contributed by atoms with van der Waals surface area (Å²) in [6.45, 7) is 2.19. The number of rotatable bonds is 0. The number of alkyl halides is 2. The summed E-state index contributed by atoms with van der Waals surface area (Å²) >= 11 is 0. The van der Waals surface area contributed by atoms with Gasteiger partial charge in [0.2, 0.25) is 0 Å². The van der Waals surface area contributed by atoms with Crippen molar-refractivity contribution in [3.05, 3.63) is 0 Å². The van der Waals surface area contributed by atoms with Gasteiger partial charge in [0.25, 0.3) is 0 Å². The number of hydrogen-bond acceptors (Lipinski definition) is 3. The predicted molar refractivity (Wildman–Crippen MR) is 99.5 cm³/mol. The molecule has 0 saturated heterocycles. The van der Waals surface area contributed by atoms with Gasteiger partial charge < -0.3 is 15.5 Å². The van der Waals surface area contributed by atoms with Crippen LogP contribution in [0.25, 0.3) is 0 Å². The molecule has 4 saturated carbocycles. The zero-order chi connectivity index (χ0) is 19.2. The minimum atomic E-state index is -1.83. The van der Waals surface area contributed by atoms with Gasteiger partial charge in [0, 0.05) is 12.8 Å². The predicted octanol–water partition coefficient (Wildman–Crippen LogP) is 3.91. The fraction of sp³-hybridized carbons (Fsp3) is 1.00. The molecule has 4 fully saturated rings. The van der Waals surface area contributed by atoms with Crippen molar-refractivity contribution in [3.8, 4) is 0 Å². The van der Waals surface area contributed by atoms with Gasteiger partial charge in [0.15, 0.2) is 0 Å². The number of hydrogen-bond donors (Lipinski definition) is 3. The van der Waals surface area contributed by atoms with Crippen molar-refractivity contribution in [1.29, 1.82) is 0 Å². The summed E-state index contributed by atoms with van der Waals surface area (Å²) in [6.07, 6.45) is 5.31. The van der Waals surface area contributed by atoms with E-state index in [1.54, 1.807) is 0 Å². The molecule has 0 aromatic carbocycles. The van der Waals surface area contributed by atoms with E-state index < -0.39 is 23.0 Å². The van der Waals surface area contributed by atoms with Crippen LogP contribution in [0, 0.1) is 17.3 Å². The van der Waals surface area contributed by atoms with Crippen molar-refractivity contribution in [2.24, 2.45) is 17.3 Å². The third-order valence-electron chi connectivity index (χ3n) is 8.13.